The van der Waals surface area contributed by atoms with Crippen LogP contribution in [0.1, 0.15) is 51.9 Å². The van der Waals surface area contributed by atoms with E-state index in [0.717, 1.165) is 17.3 Å². The second-order valence-electron chi connectivity index (χ2n) is 5.96. The van der Waals surface area contributed by atoms with Gasteiger partial charge in [-0.25, -0.2) is 0 Å². The topological polar surface area (TPSA) is 15.3 Å². The lowest BCUT2D eigenvalue weighted by atomic mass is 10.00. The summed E-state index contributed by atoms with van der Waals surface area (Å²) in [5.41, 5.74) is 0. The largest absolute Gasteiger partial charge is 0.314 e. The van der Waals surface area contributed by atoms with E-state index in [-0.39, 0.29) is 0 Å². The Kier molecular flexibility index (Phi) is 6.33. The molecule has 0 spiro atoms. The third-order valence-electron chi connectivity index (χ3n) is 4.62. The molecule has 1 aliphatic carbocycles. The average molecular weight is 270 g/mol. The molecule has 0 aromatic carbocycles. The van der Waals surface area contributed by atoms with Gasteiger partial charge >= 0.3 is 0 Å². The fourth-order valence-corrected chi connectivity index (χ4v) is 4.62. The number of hydrogen-bond donors (Lipinski definition) is 1. The second-order valence-corrected chi connectivity index (χ2v) is 7.54. The predicted octanol–water partition coefficient (Wildman–Crippen LogP) is 3.12. The minimum absolute atomic E-state index is 0.808. The van der Waals surface area contributed by atoms with Crippen molar-refractivity contribution in [2.24, 2.45) is 0 Å². The van der Waals surface area contributed by atoms with Crippen LogP contribution in [0.25, 0.3) is 0 Å². The summed E-state index contributed by atoms with van der Waals surface area (Å²) in [6.07, 6.45) is 9.83. The third-order valence-corrected chi connectivity index (χ3v) is 5.85. The Balaban J connectivity index is 1.58. The Morgan fingerprint density at radius 1 is 1.22 bits per heavy atom. The highest BCUT2D eigenvalue weighted by atomic mass is 32.2. The van der Waals surface area contributed by atoms with E-state index >= 15 is 0 Å². The van der Waals surface area contributed by atoms with Crippen LogP contribution in [0.4, 0.5) is 0 Å². The number of piperidine rings is 1. The van der Waals surface area contributed by atoms with Crippen molar-refractivity contribution in [3.05, 3.63) is 0 Å². The van der Waals surface area contributed by atoms with Crippen LogP contribution in [0.3, 0.4) is 0 Å². The Morgan fingerprint density at radius 2 is 2.11 bits per heavy atom. The summed E-state index contributed by atoms with van der Waals surface area (Å²) in [7, 11) is 2.30. The molecule has 1 saturated carbocycles. The Labute approximate surface area is 117 Å². The summed E-state index contributed by atoms with van der Waals surface area (Å²) >= 11 is 2.16. The van der Waals surface area contributed by atoms with Crippen molar-refractivity contribution in [3.63, 3.8) is 0 Å². The molecule has 1 N–H and O–H groups in total. The van der Waals surface area contributed by atoms with Crippen molar-refractivity contribution in [1.29, 1.82) is 0 Å². The van der Waals surface area contributed by atoms with Crippen LogP contribution in [-0.2, 0) is 0 Å². The molecular formula is C15H30N2S. The molecule has 2 aliphatic rings. The maximum atomic E-state index is 3.80. The summed E-state index contributed by atoms with van der Waals surface area (Å²) < 4.78 is 0. The molecule has 18 heavy (non-hydrogen) atoms. The molecule has 0 bridgehead atoms. The van der Waals surface area contributed by atoms with Crippen molar-refractivity contribution in [2.45, 2.75) is 69.2 Å². The van der Waals surface area contributed by atoms with E-state index in [1.54, 1.807) is 0 Å². The molecule has 1 heterocycles. The fraction of sp³-hybridized carbons (Fsp3) is 1.00. The van der Waals surface area contributed by atoms with E-state index < -0.39 is 0 Å². The first-order valence-electron chi connectivity index (χ1n) is 7.84. The van der Waals surface area contributed by atoms with Gasteiger partial charge in [0.25, 0.3) is 0 Å². The molecular weight excluding hydrogens is 240 g/mol. The van der Waals surface area contributed by atoms with Crippen molar-refractivity contribution < 1.29 is 0 Å². The Morgan fingerprint density at radius 3 is 2.89 bits per heavy atom. The number of likely N-dealkylation sites (tertiary alicyclic amines) is 1. The summed E-state index contributed by atoms with van der Waals surface area (Å²) in [5, 5.41) is 4.73. The van der Waals surface area contributed by atoms with Crippen LogP contribution >= 0.6 is 11.8 Å². The van der Waals surface area contributed by atoms with Crippen LogP contribution in [0.15, 0.2) is 0 Å². The van der Waals surface area contributed by atoms with Crippen LogP contribution in [-0.4, -0.2) is 48.1 Å². The summed E-state index contributed by atoms with van der Waals surface area (Å²) in [5.74, 6) is 1.28. The molecule has 1 saturated heterocycles. The van der Waals surface area contributed by atoms with E-state index in [1.165, 1.54) is 63.8 Å². The predicted molar refractivity (Wildman–Crippen MR) is 82.4 cm³/mol. The molecule has 2 nitrogen and oxygen atoms in total. The van der Waals surface area contributed by atoms with Crippen LogP contribution in [0, 0.1) is 0 Å². The molecule has 3 heteroatoms. The van der Waals surface area contributed by atoms with Gasteiger partial charge in [0.15, 0.2) is 0 Å². The third kappa shape index (κ3) is 4.43. The fourth-order valence-electron chi connectivity index (χ4n) is 3.48. The number of rotatable bonds is 6. The van der Waals surface area contributed by atoms with Gasteiger partial charge in [-0.15, -0.1) is 0 Å². The highest BCUT2D eigenvalue weighted by molar-refractivity contribution is 7.99. The SMILES string of the molecule is CCSC1CCC(NCCC2CCCCN2C)C1. The van der Waals surface area contributed by atoms with Gasteiger partial charge in [0, 0.05) is 17.3 Å². The smallest absolute Gasteiger partial charge is 0.0104 e. The minimum atomic E-state index is 0.808. The summed E-state index contributed by atoms with van der Waals surface area (Å²) in [6.45, 7) is 4.82. The molecule has 2 fully saturated rings. The monoisotopic (exact) mass is 270 g/mol. The zero-order valence-electron chi connectivity index (χ0n) is 12.2. The highest BCUT2D eigenvalue weighted by Crippen LogP contribution is 2.29. The molecule has 0 aromatic heterocycles. The highest BCUT2D eigenvalue weighted by Gasteiger charge is 2.24. The zero-order chi connectivity index (χ0) is 12.8. The lowest BCUT2D eigenvalue weighted by Gasteiger charge is -2.32. The normalized spacial score (nSPS) is 34.0. The summed E-state index contributed by atoms with van der Waals surface area (Å²) in [4.78, 5) is 2.57. The van der Waals surface area contributed by atoms with E-state index in [4.69, 9.17) is 0 Å². The van der Waals surface area contributed by atoms with E-state index in [2.05, 4.69) is 35.9 Å². The van der Waals surface area contributed by atoms with Gasteiger partial charge in [0.05, 0.1) is 0 Å². The summed E-state index contributed by atoms with van der Waals surface area (Å²) in [6, 6.07) is 1.65. The van der Waals surface area contributed by atoms with Gasteiger partial charge < -0.3 is 10.2 Å². The molecule has 106 valence electrons. The first-order chi connectivity index (χ1) is 8.79. The maximum absolute atomic E-state index is 3.80. The van der Waals surface area contributed by atoms with Crippen LogP contribution in [0.2, 0.25) is 0 Å². The quantitative estimate of drug-likeness (QED) is 0.798. The van der Waals surface area contributed by atoms with Crippen LogP contribution < -0.4 is 5.32 Å². The van der Waals surface area contributed by atoms with Crippen LogP contribution in [0.5, 0.6) is 0 Å². The average Bonchev–Trinajstić information content (AvgIpc) is 2.80. The number of thioether (sulfide) groups is 1. The van der Waals surface area contributed by atoms with E-state index in [1.807, 2.05) is 0 Å². The van der Waals surface area contributed by atoms with Crippen molar-refractivity contribution in [2.75, 3.05) is 25.9 Å². The Bertz CT molecular complexity index is 235. The van der Waals surface area contributed by atoms with E-state index in [0.29, 0.717) is 0 Å². The second kappa shape index (κ2) is 7.76. The number of hydrogen-bond acceptors (Lipinski definition) is 3. The van der Waals surface area contributed by atoms with Gasteiger partial charge in [-0.2, -0.15) is 11.8 Å². The van der Waals surface area contributed by atoms with Gasteiger partial charge in [-0.05, 0) is 64.4 Å². The lowest BCUT2D eigenvalue weighted by Crippen LogP contribution is -2.39. The van der Waals surface area contributed by atoms with Gasteiger partial charge in [0.2, 0.25) is 0 Å². The van der Waals surface area contributed by atoms with Gasteiger partial charge in [-0.3, -0.25) is 0 Å². The van der Waals surface area contributed by atoms with Gasteiger partial charge in [-0.1, -0.05) is 13.3 Å². The molecule has 0 amide bonds. The minimum Gasteiger partial charge on any atom is -0.314 e. The molecule has 0 aromatic rings. The van der Waals surface area contributed by atoms with Crippen molar-refractivity contribution in [3.8, 4) is 0 Å². The first kappa shape index (κ1) is 14.7. The molecule has 3 unspecified atom stereocenters. The standard InChI is InChI=1S/C15H30N2S/c1-3-18-15-8-7-13(12-15)16-10-9-14-6-4-5-11-17(14)2/h13-16H,3-12H2,1-2H3. The molecule has 0 radical (unpaired) electrons. The maximum Gasteiger partial charge on any atom is 0.0104 e. The van der Waals surface area contributed by atoms with Crippen molar-refractivity contribution in [1.82, 2.24) is 10.2 Å². The van der Waals surface area contributed by atoms with E-state index in [9.17, 15) is 0 Å². The molecule has 2 rings (SSSR count). The molecule has 3 atom stereocenters. The lowest BCUT2D eigenvalue weighted by molar-refractivity contribution is 0.174. The zero-order valence-corrected chi connectivity index (χ0v) is 13.0. The number of nitrogens with zero attached hydrogens (tertiary/aromatic N) is 1. The Hall–Kier alpha value is 0.270. The van der Waals surface area contributed by atoms with Gasteiger partial charge in [0.1, 0.15) is 0 Å². The first-order valence-corrected chi connectivity index (χ1v) is 8.89. The number of nitrogens with one attached hydrogen (secondary N) is 1. The van der Waals surface area contributed by atoms with Crippen molar-refractivity contribution >= 4 is 11.8 Å². The molecule has 1 aliphatic heterocycles.